The molecule has 0 aromatic heterocycles. The molecule has 0 amide bonds. The molecule has 1 rings (SSSR count). The summed E-state index contributed by atoms with van der Waals surface area (Å²) in [5.41, 5.74) is -1.09. The average molecular weight is 281 g/mol. The molecule has 0 bridgehead atoms. The van der Waals surface area contributed by atoms with Crippen LogP contribution in [0.2, 0.25) is 0 Å². The maximum atomic E-state index is 11.5. The van der Waals surface area contributed by atoms with Crippen LogP contribution in [-0.4, -0.2) is 42.5 Å². The fourth-order valence-corrected chi connectivity index (χ4v) is 3.40. The van der Waals surface area contributed by atoms with Crippen molar-refractivity contribution in [3.8, 4) is 0 Å². The summed E-state index contributed by atoms with van der Waals surface area (Å²) in [5, 5.41) is 11.4. The van der Waals surface area contributed by atoms with Gasteiger partial charge in [0.05, 0.1) is 12.7 Å². The van der Waals surface area contributed by atoms with Gasteiger partial charge in [-0.25, -0.2) is 8.37 Å². The number of hydrogen-bond acceptors (Lipinski definition) is 6. The van der Waals surface area contributed by atoms with Gasteiger partial charge in [0.25, 0.3) is 0 Å². The van der Waals surface area contributed by atoms with E-state index in [9.17, 15) is 13.6 Å². The minimum atomic E-state index is -3.95. The number of nitrogens with zero attached hydrogens (tertiary/aromatic N) is 1. The van der Waals surface area contributed by atoms with Crippen LogP contribution in [0, 0.1) is 0 Å². The van der Waals surface area contributed by atoms with Gasteiger partial charge in [-0.15, -0.1) is 0 Å². The van der Waals surface area contributed by atoms with Crippen LogP contribution in [-0.2, 0) is 18.8 Å². The molecule has 1 aliphatic heterocycles. The fraction of sp³-hybridized carbons (Fsp3) is 1.00. The van der Waals surface area contributed by atoms with Gasteiger partial charge in [-0.2, -0.15) is 13.5 Å². The maximum Gasteiger partial charge on any atom is 0.400 e. The van der Waals surface area contributed by atoms with Crippen LogP contribution in [0.5, 0.6) is 0 Å². The molecule has 0 saturated carbocycles. The molecule has 0 unspecified atom stereocenters. The summed E-state index contributed by atoms with van der Waals surface area (Å²) >= 11 is 0. The van der Waals surface area contributed by atoms with Crippen molar-refractivity contribution in [3.63, 3.8) is 0 Å². The molecule has 108 valence electrons. The molecule has 1 heterocycles. The number of hydroxylamine groups is 2. The summed E-state index contributed by atoms with van der Waals surface area (Å²) in [6, 6.07) is 0. The van der Waals surface area contributed by atoms with Crippen LogP contribution < -0.4 is 0 Å². The fourth-order valence-electron chi connectivity index (χ4n) is 2.59. The third kappa shape index (κ3) is 3.64. The van der Waals surface area contributed by atoms with Crippen LogP contribution in [0.4, 0.5) is 0 Å². The van der Waals surface area contributed by atoms with Crippen molar-refractivity contribution in [2.75, 3.05) is 6.61 Å². The zero-order chi connectivity index (χ0) is 14.2. The first-order valence-corrected chi connectivity index (χ1v) is 7.40. The Morgan fingerprint density at radius 1 is 1.22 bits per heavy atom. The summed E-state index contributed by atoms with van der Waals surface area (Å²) < 4.78 is 32.6. The molecule has 0 radical (unpaired) electrons. The van der Waals surface area contributed by atoms with Gasteiger partial charge in [0.15, 0.2) is 0 Å². The molecule has 0 aromatic rings. The largest absolute Gasteiger partial charge is 0.400 e. The summed E-state index contributed by atoms with van der Waals surface area (Å²) in [6.45, 7) is 9.02. The van der Waals surface area contributed by atoms with Crippen molar-refractivity contribution < 1.29 is 22.0 Å². The van der Waals surface area contributed by atoms with Crippen molar-refractivity contribution in [1.82, 2.24) is 5.06 Å². The Morgan fingerprint density at radius 3 is 2.06 bits per heavy atom. The molecular weight excluding hydrogens is 258 g/mol. The van der Waals surface area contributed by atoms with E-state index in [0.29, 0.717) is 12.8 Å². The zero-order valence-electron chi connectivity index (χ0n) is 11.6. The summed E-state index contributed by atoms with van der Waals surface area (Å²) in [4.78, 5) is 0. The van der Waals surface area contributed by atoms with Gasteiger partial charge in [0, 0.05) is 11.1 Å². The maximum absolute atomic E-state index is 11.5. The Bertz CT molecular complexity index is 372. The molecular formula is C11H23NO5S. The lowest BCUT2D eigenvalue weighted by Crippen LogP contribution is -2.60. The van der Waals surface area contributed by atoms with Gasteiger partial charge < -0.3 is 5.21 Å². The molecule has 0 aliphatic carbocycles. The van der Waals surface area contributed by atoms with Crippen LogP contribution in [0.25, 0.3) is 0 Å². The van der Waals surface area contributed by atoms with E-state index in [0.717, 1.165) is 0 Å². The highest BCUT2D eigenvalue weighted by Crippen LogP contribution is 2.38. The second kappa shape index (κ2) is 5.05. The first-order chi connectivity index (χ1) is 8.00. The monoisotopic (exact) mass is 281 g/mol. The number of rotatable bonds is 4. The van der Waals surface area contributed by atoms with Crippen LogP contribution in [0.1, 0.15) is 47.5 Å². The minimum Gasteiger partial charge on any atom is -0.313 e. The van der Waals surface area contributed by atoms with Crippen molar-refractivity contribution in [3.05, 3.63) is 0 Å². The Hall–Kier alpha value is -0.210. The van der Waals surface area contributed by atoms with Gasteiger partial charge in [0.2, 0.25) is 0 Å². The molecule has 1 saturated heterocycles. The van der Waals surface area contributed by atoms with Crippen LogP contribution in [0.15, 0.2) is 0 Å². The lowest BCUT2D eigenvalue weighted by molar-refractivity contribution is -0.255. The van der Waals surface area contributed by atoms with E-state index in [2.05, 4.69) is 4.18 Å². The Balaban J connectivity index is 2.82. The molecule has 7 heteroatoms. The van der Waals surface area contributed by atoms with Gasteiger partial charge in [0.1, 0.15) is 0 Å². The van der Waals surface area contributed by atoms with Gasteiger partial charge in [-0.3, -0.25) is 0 Å². The Labute approximate surface area is 109 Å². The predicted molar refractivity (Wildman–Crippen MR) is 66.4 cm³/mol. The van der Waals surface area contributed by atoms with Crippen molar-refractivity contribution in [1.29, 1.82) is 0 Å². The highest BCUT2D eigenvalue weighted by molar-refractivity contribution is 7.81. The highest BCUT2D eigenvalue weighted by atomic mass is 32.3. The van der Waals surface area contributed by atoms with Gasteiger partial charge >= 0.3 is 10.4 Å². The molecule has 1 aliphatic rings. The number of hydrogen-bond donors (Lipinski definition) is 1. The average Bonchev–Trinajstić information content (AvgIpc) is 2.11. The first kappa shape index (κ1) is 15.8. The SMILES string of the molecule is CCOS(=O)(=O)OC1CC(C)(C)N(O)C(C)(C)C1. The summed E-state index contributed by atoms with van der Waals surface area (Å²) in [5.74, 6) is 0. The molecule has 1 N–H and O–H groups in total. The minimum absolute atomic E-state index is 0.0496. The molecule has 0 atom stereocenters. The zero-order valence-corrected chi connectivity index (χ0v) is 12.5. The van der Waals surface area contributed by atoms with E-state index >= 15 is 0 Å². The summed E-state index contributed by atoms with van der Waals surface area (Å²) in [6.07, 6.45) is 0.341. The second-order valence-corrected chi connectivity index (χ2v) is 7.12. The predicted octanol–water partition coefficient (Wildman–Crippen LogP) is 1.70. The van der Waals surface area contributed by atoms with Crippen molar-refractivity contribution in [2.24, 2.45) is 0 Å². The smallest absolute Gasteiger partial charge is 0.313 e. The highest BCUT2D eigenvalue weighted by Gasteiger charge is 2.46. The van der Waals surface area contributed by atoms with E-state index in [1.54, 1.807) is 6.92 Å². The molecule has 6 nitrogen and oxygen atoms in total. The van der Waals surface area contributed by atoms with E-state index in [1.807, 2.05) is 27.7 Å². The van der Waals surface area contributed by atoms with Crippen molar-refractivity contribution >= 4 is 10.4 Å². The summed E-state index contributed by atoms with van der Waals surface area (Å²) in [7, 11) is -3.95. The lowest BCUT2D eigenvalue weighted by Gasteiger charge is -2.50. The Morgan fingerprint density at radius 2 is 1.67 bits per heavy atom. The Kier molecular flexibility index (Phi) is 4.45. The third-order valence-corrected chi connectivity index (χ3v) is 4.15. The van der Waals surface area contributed by atoms with E-state index in [4.69, 9.17) is 4.18 Å². The van der Waals surface area contributed by atoms with E-state index in [1.165, 1.54) is 5.06 Å². The lowest BCUT2D eigenvalue weighted by atomic mass is 9.80. The number of piperidine rings is 1. The molecule has 18 heavy (non-hydrogen) atoms. The van der Waals surface area contributed by atoms with Gasteiger partial charge in [-0.05, 0) is 47.5 Å². The molecule has 0 aromatic carbocycles. The second-order valence-electron chi connectivity index (χ2n) is 5.88. The van der Waals surface area contributed by atoms with E-state index < -0.39 is 27.6 Å². The third-order valence-electron chi connectivity index (χ3n) is 3.12. The standard InChI is InChI=1S/C11H23NO5S/c1-6-16-18(14,15)17-9-7-10(2,3)12(13)11(4,5)8-9/h9,13H,6-8H2,1-5H3. The van der Waals surface area contributed by atoms with Crippen molar-refractivity contribution in [2.45, 2.75) is 64.6 Å². The van der Waals surface area contributed by atoms with Gasteiger partial charge in [-0.1, -0.05) is 0 Å². The normalized spacial score (nSPS) is 25.2. The van der Waals surface area contributed by atoms with Crippen LogP contribution >= 0.6 is 0 Å². The first-order valence-electron chi connectivity index (χ1n) is 6.07. The molecule has 0 spiro atoms. The van der Waals surface area contributed by atoms with Crippen LogP contribution in [0.3, 0.4) is 0 Å². The topological polar surface area (TPSA) is 76.1 Å². The quantitative estimate of drug-likeness (QED) is 0.845. The van der Waals surface area contributed by atoms with E-state index in [-0.39, 0.29) is 6.61 Å². The molecule has 1 fully saturated rings.